The topological polar surface area (TPSA) is 46.2 Å². The maximum atomic E-state index is 11.5. The van der Waals surface area contributed by atoms with Crippen LogP contribution in [0.25, 0.3) is 0 Å². The number of sulfone groups is 1. The van der Waals surface area contributed by atoms with E-state index in [-0.39, 0.29) is 6.04 Å². The Hall–Kier alpha value is -0.850. The summed E-state index contributed by atoms with van der Waals surface area (Å²) in [6.07, 6.45) is 1.21. The molecule has 0 saturated heterocycles. The molecule has 6 heteroatoms. The molecular formula is C13H14BrNO2S2. The van der Waals surface area contributed by atoms with Crippen LogP contribution in [0.4, 0.5) is 5.69 Å². The van der Waals surface area contributed by atoms with Crippen LogP contribution in [0.3, 0.4) is 0 Å². The summed E-state index contributed by atoms with van der Waals surface area (Å²) in [5, 5.41) is 5.33. The largest absolute Gasteiger partial charge is 0.378 e. The average Bonchev–Trinajstić information content (AvgIpc) is 2.75. The molecule has 0 bridgehead atoms. The second-order valence-corrected chi connectivity index (χ2v) is 8.12. The van der Waals surface area contributed by atoms with Gasteiger partial charge in [-0.25, -0.2) is 8.42 Å². The maximum Gasteiger partial charge on any atom is 0.175 e. The first kappa shape index (κ1) is 14.6. The van der Waals surface area contributed by atoms with Crippen molar-refractivity contribution in [1.29, 1.82) is 0 Å². The Balaban J connectivity index is 2.23. The highest BCUT2D eigenvalue weighted by molar-refractivity contribution is 9.10. The molecule has 1 aromatic heterocycles. The van der Waals surface area contributed by atoms with Crippen molar-refractivity contribution < 1.29 is 8.42 Å². The lowest BCUT2D eigenvalue weighted by Crippen LogP contribution is -2.06. The fourth-order valence-electron chi connectivity index (χ4n) is 1.75. The minimum absolute atomic E-state index is 0.115. The van der Waals surface area contributed by atoms with E-state index in [1.54, 1.807) is 29.5 Å². The molecule has 0 aliphatic heterocycles. The van der Waals surface area contributed by atoms with Gasteiger partial charge in [-0.2, -0.15) is 0 Å². The number of thiophene rings is 1. The van der Waals surface area contributed by atoms with E-state index in [9.17, 15) is 8.42 Å². The van der Waals surface area contributed by atoms with Gasteiger partial charge in [-0.05, 0) is 52.5 Å². The monoisotopic (exact) mass is 359 g/mol. The van der Waals surface area contributed by atoms with E-state index in [0.717, 1.165) is 10.2 Å². The summed E-state index contributed by atoms with van der Waals surface area (Å²) in [4.78, 5) is 1.51. The number of hydrogen-bond acceptors (Lipinski definition) is 4. The number of anilines is 1. The number of halogens is 1. The van der Waals surface area contributed by atoms with Crippen LogP contribution in [0.2, 0.25) is 0 Å². The van der Waals surface area contributed by atoms with E-state index >= 15 is 0 Å². The molecule has 1 aromatic carbocycles. The molecule has 3 nitrogen and oxygen atoms in total. The Morgan fingerprint density at radius 1 is 1.32 bits per heavy atom. The summed E-state index contributed by atoms with van der Waals surface area (Å²) < 4.78 is 24.1. The van der Waals surface area contributed by atoms with Crippen LogP contribution in [-0.4, -0.2) is 14.7 Å². The molecule has 0 saturated carbocycles. The maximum absolute atomic E-state index is 11.5. The van der Waals surface area contributed by atoms with E-state index in [0.29, 0.717) is 4.90 Å². The first-order valence-electron chi connectivity index (χ1n) is 5.67. The van der Waals surface area contributed by atoms with E-state index in [2.05, 4.69) is 21.2 Å². The van der Waals surface area contributed by atoms with Gasteiger partial charge < -0.3 is 5.32 Å². The van der Waals surface area contributed by atoms with E-state index in [1.165, 1.54) is 11.1 Å². The third-order valence-corrected chi connectivity index (χ3v) is 5.85. The lowest BCUT2D eigenvalue weighted by atomic mass is 10.2. The molecule has 0 aliphatic rings. The summed E-state index contributed by atoms with van der Waals surface area (Å²) in [6.45, 7) is 2.05. The highest BCUT2D eigenvalue weighted by atomic mass is 79.9. The van der Waals surface area contributed by atoms with Crippen molar-refractivity contribution in [3.05, 3.63) is 45.1 Å². The van der Waals surface area contributed by atoms with Gasteiger partial charge in [0.05, 0.1) is 10.9 Å². The summed E-state index contributed by atoms with van der Waals surface area (Å²) in [6, 6.07) is 9.00. The Bertz CT molecular complexity index is 679. The zero-order chi connectivity index (χ0) is 14.0. The summed E-state index contributed by atoms with van der Waals surface area (Å²) >= 11 is 5.16. The molecule has 1 N–H and O–H groups in total. The minimum atomic E-state index is -3.17. The average molecular weight is 360 g/mol. The summed E-state index contributed by atoms with van der Waals surface area (Å²) in [5.74, 6) is 0. The van der Waals surface area contributed by atoms with E-state index in [1.807, 2.05) is 24.4 Å². The van der Waals surface area contributed by atoms with Crippen molar-refractivity contribution in [2.45, 2.75) is 17.9 Å². The molecule has 0 spiro atoms. The molecule has 1 atom stereocenters. The summed E-state index contributed by atoms with van der Waals surface area (Å²) in [7, 11) is -3.17. The van der Waals surface area contributed by atoms with Crippen LogP contribution in [0.1, 0.15) is 17.8 Å². The van der Waals surface area contributed by atoms with E-state index < -0.39 is 9.84 Å². The highest BCUT2D eigenvalue weighted by Gasteiger charge is 2.12. The van der Waals surface area contributed by atoms with Gasteiger partial charge in [0.2, 0.25) is 0 Å². The lowest BCUT2D eigenvalue weighted by molar-refractivity contribution is 0.602. The first-order chi connectivity index (χ1) is 8.88. The highest BCUT2D eigenvalue weighted by Crippen LogP contribution is 2.31. The van der Waals surface area contributed by atoms with Gasteiger partial charge in [0.15, 0.2) is 9.84 Å². The first-order valence-corrected chi connectivity index (χ1v) is 9.24. The number of rotatable bonds is 4. The SMILES string of the molecule is CC(Nc1cccc(S(C)(=O)=O)c1)c1sccc1Br. The van der Waals surface area contributed by atoms with Crippen molar-refractivity contribution in [2.24, 2.45) is 0 Å². The predicted molar refractivity (Wildman–Crippen MR) is 83.6 cm³/mol. The van der Waals surface area contributed by atoms with Gasteiger partial charge in [0.25, 0.3) is 0 Å². The normalized spacial score (nSPS) is 13.2. The fraction of sp³-hybridized carbons (Fsp3) is 0.231. The van der Waals surface area contributed by atoms with Gasteiger partial charge in [-0.3, -0.25) is 0 Å². The third kappa shape index (κ3) is 3.58. The lowest BCUT2D eigenvalue weighted by Gasteiger charge is -2.15. The molecule has 0 fully saturated rings. The minimum Gasteiger partial charge on any atom is -0.378 e. The van der Waals surface area contributed by atoms with Crippen molar-refractivity contribution in [1.82, 2.24) is 0 Å². The molecule has 0 aliphatic carbocycles. The summed E-state index contributed by atoms with van der Waals surface area (Å²) in [5.41, 5.74) is 0.802. The van der Waals surface area contributed by atoms with E-state index in [4.69, 9.17) is 0 Å². The quantitative estimate of drug-likeness (QED) is 0.893. The van der Waals surface area contributed by atoms with Crippen LogP contribution >= 0.6 is 27.3 Å². The van der Waals surface area contributed by atoms with Crippen LogP contribution in [-0.2, 0) is 9.84 Å². The fourth-order valence-corrected chi connectivity index (χ4v) is 4.14. The molecule has 2 rings (SSSR count). The molecule has 0 radical (unpaired) electrons. The number of nitrogens with one attached hydrogen (secondary N) is 1. The van der Waals surface area contributed by atoms with Crippen LogP contribution in [0.5, 0.6) is 0 Å². The molecule has 102 valence electrons. The van der Waals surface area contributed by atoms with Crippen LogP contribution in [0.15, 0.2) is 45.1 Å². The Morgan fingerprint density at radius 3 is 2.63 bits per heavy atom. The Kier molecular flexibility index (Phi) is 4.32. The van der Waals surface area contributed by atoms with Gasteiger partial charge in [0.1, 0.15) is 0 Å². The zero-order valence-electron chi connectivity index (χ0n) is 10.6. The Morgan fingerprint density at radius 2 is 2.05 bits per heavy atom. The van der Waals surface area contributed by atoms with Crippen LogP contribution < -0.4 is 5.32 Å². The van der Waals surface area contributed by atoms with Gasteiger partial charge >= 0.3 is 0 Å². The zero-order valence-corrected chi connectivity index (χ0v) is 13.8. The number of hydrogen-bond donors (Lipinski definition) is 1. The Labute approximate surface area is 125 Å². The molecule has 1 heterocycles. The molecule has 0 amide bonds. The van der Waals surface area contributed by atoms with Gasteiger partial charge in [-0.1, -0.05) is 6.07 Å². The van der Waals surface area contributed by atoms with Crippen LogP contribution in [0, 0.1) is 0 Å². The van der Waals surface area contributed by atoms with Crippen molar-refractivity contribution >= 4 is 42.8 Å². The van der Waals surface area contributed by atoms with Gasteiger partial charge in [0, 0.05) is 21.3 Å². The number of benzene rings is 1. The standard InChI is InChI=1S/C13H14BrNO2S2/c1-9(13-12(14)6-7-18-13)15-10-4-3-5-11(8-10)19(2,16)17/h3-9,15H,1-2H3. The molecule has 19 heavy (non-hydrogen) atoms. The third-order valence-electron chi connectivity index (χ3n) is 2.68. The molecular weight excluding hydrogens is 346 g/mol. The second kappa shape index (κ2) is 5.64. The molecule has 2 aromatic rings. The smallest absolute Gasteiger partial charge is 0.175 e. The molecule has 1 unspecified atom stereocenters. The predicted octanol–water partition coefficient (Wildman–Crippen LogP) is 4.09. The van der Waals surface area contributed by atoms with Crippen molar-refractivity contribution in [3.8, 4) is 0 Å². The van der Waals surface area contributed by atoms with Gasteiger partial charge in [-0.15, -0.1) is 11.3 Å². The second-order valence-electron chi connectivity index (χ2n) is 4.30. The van der Waals surface area contributed by atoms with Crippen molar-refractivity contribution in [2.75, 3.05) is 11.6 Å². The van der Waals surface area contributed by atoms with Crippen molar-refractivity contribution in [3.63, 3.8) is 0 Å².